The first-order valence-electron chi connectivity index (χ1n) is 9.45. The fourth-order valence-corrected chi connectivity index (χ4v) is 3.53. The van der Waals surface area contributed by atoms with Crippen molar-refractivity contribution in [3.05, 3.63) is 86.2 Å². The number of nitrogens with one attached hydrogen (secondary N) is 1. The van der Waals surface area contributed by atoms with E-state index in [2.05, 4.69) is 5.32 Å². The summed E-state index contributed by atoms with van der Waals surface area (Å²) in [7, 11) is 1.48. The summed E-state index contributed by atoms with van der Waals surface area (Å²) in [5.74, 6) is -0.125. The summed E-state index contributed by atoms with van der Waals surface area (Å²) in [5, 5.41) is 23.9. The van der Waals surface area contributed by atoms with Crippen LogP contribution in [0.3, 0.4) is 0 Å². The van der Waals surface area contributed by atoms with Gasteiger partial charge in [-0.15, -0.1) is 0 Å². The first-order valence-corrected chi connectivity index (χ1v) is 9.83. The Hall–Kier alpha value is -4.09. The first kappa shape index (κ1) is 22.6. The van der Waals surface area contributed by atoms with Gasteiger partial charge in [-0.1, -0.05) is 17.7 Å². The molecule has 0 fully saturated rings. The maximum Gasteiger partial charge on any atom is 0.271 e. The van der Waals surface area contributed by atoms with E-state index in [1.807, 2.05) is 13.0 Å². The molecule has 0 atom stereocenters. The normalized spacial score (nSPS) is 11.0. The van der Waals surface area contributed by atoms with Gasteiger partial charge in [0.25, 0.3) is 11.6 Å². The number of anilines is 1. The minimum atomic E-state index is -0.576. The van der Waals surface area contributed by atoms with Gasteiger partial charge in [0.2, 0.25) is 0 Å². The highest BCUT2D eigenvalue weighted by Gasteiger charge is 2.18. The molecule has 32 heavy (non-hydrogen) atoms. The predicted octanol–water partition coefficient (Wildman–Crippen LogP) is 5.21. The molecule has 1 heterocycles. The molecule has 0 saturated heterocycles. The van der Waals surface area contributed by atoms with Crippen molar-refractivity contribution in [2.75, 3.05) is 12.4 Å². The van der Waals surface area contributed by atoms with Crippen LogP contribution in [0.2, 0.25) is 5.02 Å². The van der Waals surface area contributed by atoms with Gasteiger partial charge >= 0.3 is 0 Å². The molecule has 1 N–H and O–H groups in total. The van der Waals surface area contributed by atoms with E-state index in [1.165, 1.54) is 31.4 Å². The molecule has 0 aliphatic rings. The lowest BCUT2D eigenvalue weighted by Gasteiger charge is -2.14. The number of nitrogens with zero attached hydrogens (tertiary/aromatic N) is 3. The number of rotatable bonds is 6. The molecule has 9 heteroatoms. The lowest BCUT2D eigenvalue weighted by atomic mass is 10.1. The topological polar surface area (TPSA) is 110 Å². The molecule has 3 aromatic rings. The summed E-state index contributed by atoms with van der Waals surface area (Å²) in [6.07, 6.45) is 1.47. The van der Waals surface area contributed by atoms with Crippen molar-refractivity contribution in [3.63, 3.8) is 0 Å². The van der Waals surface area contributed by atoms with Gasteiger partial charge in [-0.05, 0) is 55.8 Å². The number of hydrogen-bond donors (Lipinski definition) is 1. The van der Waals surface area contributed by atoms with Crippen molar-refractivity contribution in [1.82, 2.24) is 4.57 Å². The Bertz CT molecular complexity index is 1290. The van der Waals surface area contributed by atoms with Crippen molar-refractivity contribution < 1.29 is 14.5 Å². The van der Waals surface area contributed by atoms with E-state index >= 15 is 0 Å². The minimum absolute atomic E-state index is 0.0796. The van der Waals surface area contributed by atoms with Crippen LogP contribution in [0, 0.1) is 35.3 Å². The van der Waals surface area contributed by atoms with Crippen LogP contribution in [0.5, 0.6) is 5.75 Å². The molecule has 8 nitrogen and oxygen atoms in total. The molecule has 0 unspecified atom stereocenters. The molecule has 0 aliphatic heterocycles. The number of ether oxygens (including phenoxy) is 1. The minimum Gasteiger partial charge on any atom is -0.495 e. The van der Waals surface area contributed by atoms with E-state index in [4.69, 9.17) is 16.3 Å². The number of carbonyl (C=O) groups excluding carboxylic acids is 1. The highest BCUT2D eigenvalue weighted by atomic mass is 35.5. The van der Waals surface area contributed by atoms with Gasteiger partial charge < -0.3 is 14.6 Å². The van der Waals surface area contributed by atoms with Crippen LogP contribution in [0.25, 0.3) is 11.8 Å². The summed E-state index contributed by atoms with van der Waals surface area (Å²) < 4.78 is 7.16. The van der Waals surface area contributed by atoms with Crippen molar-refractivity contribution in [2.45, 2.75) is 13.8 Å². The van der Waals surface area contributed by atoms with Crippen LogP contribution in [0.4, 0.5) is 11.4 Å². The second-order valence-corrected chi connectivity index (χ2v) is 7.35. The Kier molecular flexibility index (Phi) is 6.61. The number of halogens is 1. The lowest BCUT2D eigenvalue weighted by Crippen LogP contribution is -2.13. The van der Waals surface area contributed by atoms with Crippen LogP contribution in [-0.2, 0) is 4.79 Å². The lowest BCUT2D eigenvalue weighted by molar-refractivity contribution is -0.384. The van der Waals surface area contributed by atoms with Gasteiger partial charge in [-0.2, -0.15) is 5.26 Å². The predicted molar refractivity (Wildman–Crippen MR) is 122 cm³/mol. The molecule has 0 bridgehead atoms. The van der Waals surface area contributed by atoms with Gasteiger partial charge in [0.1, 0.15) is 17.4 Å². The average molecular weight is 451 g/mol. The van der Waals surface area contributed by atoms with Crippen LogP contribution >= 0.6 is 11.6 Å². The van der Waals surface area contributed by atoms with E-state index in [0.717, 1.165) is 5.69 Å². The molecule has 1 aromatic heterocycles. The van der Waals surface area contributed by atoms with Crippen LogP contribution < -0.4 is 10.1 Å². The zero-order chi connectivity index (χ0) is 23.4. The number of carbonyl (C=O) groups is 1. The maximum atomic E-state index is 12.6. The quantitative estimate of drug-likeness (QED) is 0.240. The fourth-order valence-electron chi connectivity index (χ4n) is 3.34. The maximum absolute atomic E-state index is 12.6. The van der Waals surface area contributed by atoms with Crippen molar-refractivity contribution >= 4 is 35.0 Å². The number of amides is 1. The Balaban J connectivity index is 2.02. The summed E-state index contributed by atoms with van der Waals surface area (Å²) >= 11 is 5.94. The fraction of sp³-hybridized carbons (Fsp3) is 0.130. The van der Waals surface area contributed by atoms with E-state index in [9.17, 15) is 20.2 Å². The second kappa shape index (κ2) is 9.37. The third kappa shape index (κ3) is 4.63. The van der Waals surface area contributed by atoms with Gasteiger partial charge in [-0.25, -0.2) is 0 Å². The Morgan fingerprint density at radius 2 is 2.00 bits per heavy atom. The number of aromatic nitrogens is 1. The standard InChI is InChI=1S/C23H19ClN4O4/c1-14-9-16(10-17(13-25)23(29)26-19-6-4-5-18(24)11-19)15(2)27(14)21-12-20(28(30)31)7-8-22(21)32-3/h4-12H,1-3H3,(H,26,29)/b17-10+. The molecule has 3 rings (SSSR count). The number of aryl methyl sites for hydroxylation is 1. The van der Waals surface area contributed by atoms with E-state index in [-0.39, 0.29) is 11.3 Å². The SMILES string of the molecule is COc1ccc([N+](=O)[O-])cc1-n1c(C)cc(/C=C(\C#N)C(=O)Nc2cccc(Cl)c2)c1C. The second-order valence-electron chi connectivity index (χ2n) is 6.91. The Morgan fingerprint density at radius 3 is 2.62 bits per heavy atom. The number of methoxy groups -OCH3 is 1. The number of nitro groups is 1. The van der Waals surface area contributed by atoms with E-state index < -0.39 is 10.8 Å². The molecule has 0 saturated carbocycles. The van der Waals surface area contributed by atoms with Crippen LogP contribution in [0.1, 0.15) is 17.0 Å². The summed E-state index contributed by atoms with van der Waals surface area (Å²) in [6.45, 7) is 3.61. The van der Waals surface area contributed by atoms with Gasteiger partial charge in [-0.3, -0.25) is 14.9 Å². The van der Waals surface area contributed by atoms with Gasteiger partial charge in [0.05, 0.1) is 17.7 Å². The first-order chi connectivity index (χ1) is 15.2. The highest BCUT2D eigenvalue weighted by molar-refractivity contribution is 6.31. The largest absolute Gasteiger partial charge is 0.495 e. The van der Waals surface area contributed by atoms with Crippen molar-refractivity contribution in [3.8, 4) is 17.5 Å². The molecule has 1 amide bonds. The third-order valence-electron chi connectivity index (χ3n) is 4.83. The highest BCUT2D eigenvalue weighted by Crippen LogP contribution is 2.32. The summed E-state index contributed by atoms with van der Waals surface area (Å²) in [4.78, 5) is 23.4. The monoisotopic (exact) mass is 450 g/mol. The third-order valence-corrected chi connectivity index (χ3v) is 5.07. The number of nitro benzene ring substituents is 1. The Morgan fingerprint density at radius 1 is 1.25 bits per heavy atom. The molecule has 0 radical (unpaired) electrons. The Labute approximate surface area is 189 Å². The summed E-state index contributed by atoms with van der Waals surface area (Å²) in [6, 6.07) is 14.6. The molecule has 162 valence electrons. The van der Waals surface area contributed by atoms with E-state index in [1.54, 1.807) is 41.8 Å². The zero-order valence-electron chi connectivity index (χ0n) is 17.5. The molecule has 0 aliphatic carbocycles. The van der Waals surface area contributed by atoms with Crippen molar-refractivity contribution in [2.24, 2.45) is 0 Å². The number of benzene rings is 2. The van der Waals surface area contributed by atoms with Gasteiger partial charge in [0, 0.05) is 34.2 Å². The van der Waals surface area contributed by atoms with Crippen LogP contribution in [-0.4, -0.2) is 22.5 Å². The number of hydrogen-bond acceptors (Lipinski definition) is 5. The van der Waals surface area contributed by atoms with E-state index in [0.29, 0.717) is 33.4 Å². The van der Waals surface area contributed by atoms with Crippen LogP contribution in [0.15, 0.2) is 54.1 Å². The molecular formula is C23H19ClN4O4. The van der Waals surface area contributed by atoms with Crippen molar-refractivity contribution in [1.29, 1.82) is 5.26 Å². The molecule has 0 spiro atoms. The number of non-ortho nitro benzene ring substituents is 1. The number of nitriles is 1. The molecule has 2 aromatic carbocycles. The smallest absolute Gasteiger partial charge is 0.271 e. The summed E-state index contributed by atoms with van der Waals surface area (Å²) in [5.41, 5.74) is 2.83. The molecular weight excluding hydrogens is 432 g/mol. The van der Waals surface area contributed by atoms with Gasteiger partial charge in [0.15, 0.2) is 0 Å². The average Bonchev–Trinajstić information content (AvgIpc) is 3.04. The zero-order valence-corrected chi connectivity index (χ0v) is 18.3.